The summed E-state index contributed by atoms with van der Waals surface area (Å²) in [6.07, 6.45) is 1.17. The maximum Gasteiger partial charge on any atom is 0.282 e. The number of aromatic hydroxyl groups is 1. The molecule has 0 atom stereocenters. The number of hydrogen-bond acceptors (Lipinski definition) is 4. The second-order valence-electron chi connectivity index (χ2n) is 3.87. The van der Waals surface area contributed by atoms with Gasteiger partial charge in [0.25, 0.3) is 10.0 Å². The first-order chi connectivity index (χ1) is 8.92. The van der Waals surface area contributed by atoms with Crippen molar-refractivity contribution in [2.75, 3.05) is 4.72 Å². The van der Waals surface area contributed by atoms with Crippen LogP contribution in [0, 0.1) is 12.7 Å². The van der Waals surface area contributed by atoms with Crippen molar-refractivity contribution >= 4 is 15.7 Å². The number of hydrogen-bond donors (Lipinski definition) is 2. The minimum Gasteiger partial charge on any atom is -0.505 e. The largest absolute Gasteiger partial charge is 0.505 e. The molecule has 2 aromatic rings. The molecule has 0 spiro atoms. The Balaban J connectivity index is 2.43. The molecule has 100 valence electrons. The van der Waals surface area contributed by atoms with Crippen LogP contribution < -0.4 is 4.72 Å². The fraction of sp³-hybridized carbons (Fsp3) is 0.0833. The first-order valence-corrected chi connectivity index (χ1v) is 6.82. The van der Waals surface area contributed by atoms with Gasteiger partial charge in [-0.25, -0.2) is 9.37 Å². The van der Waals surface area contributed by atoms with Gasteiger partial charge in [0.1, 0.15) is 5.75 Å². The molecule has 0 aliphatic heterocycles. The Morgan fingerprint density at radius 2 is 2.00 bits per heavy atom. The van der Waals surface area contributed by atoms with E-state index in [1.807, 2.05) is 0 Å². The van der Waals surface area contributed by atoms with Crippen molar-refractivity contribution in [2.24, 2.45) is 0 Å². The molecule has 0 bridgehead atoms. The normalized spacial score (nSPS) is 11.3. The van der Waals surface area contributed by atoms with Crippen LogP contribution in [0.4, 0.5) is 10.1 Å². The molecule has 1 aromatic carbocycles. The van der Waals surface area contributed by atoms with Crippen LogP contribution in [0.15, 0.2) is 41.6 Å². The van der Waals surface area contributed by atoms with Gasteiger partial charge in [-0.2, -0.15) is 8.42 Å². The number of anilines is 1. The topological polar surface area (TPSA) is 79.3 Å². The third-order valence-corrected chi connectivity index (χ3v) is 3.76. The SMILES string of the molecule is Cc1cccc(NS(=O)(=O)c2ncccc2F)c1O. The number of halogens is 1. The smallest absolute Gasteiger partial charge is 0.282 e. The van der Waals surface area contributed by atoms with Gasteiger partial charge in [0, 0.05) is 6.20 Å². The van der Waals surface area contributed by atoms with Crippen LogP contribution in [0.1, 0.15) is 5.56 Å². The summed E-state index contributed by atoms with van der Waals surface area (Å²) in [5.41, 5.74) is 0.478. The average molecular weight is 282 g/mol. The van der Waals surface area contributed by atoms with Crippen LogP contribution in [0.3, 0.4) is 0 Å². The molecule has 1 heterocycles. The highest BCUT2D eigenvalue weighted by Crippen LogP contribution is 2.28. The van der Waals surface area contributed by atoms with E-state index in [2.05, 4.69) is 9.71 Å². The van der Waals surface area contributed by atoms with E-state index in [1.165, 1.54) is 18.3 Å². The molecule has 0 saturated heterocycles. The van der Waals surface area contributed by atoms with Gasteiger partial charge in [0.15, 0.2) is 5.82 Å². The van der Waals surface area contributed by atoms with Gasteiger partial charge in [-0.15, -0.1) is 0 Å². The molecule has 1 aromatic heterocycles. The number of phenolic OH excluding ortho intramolecular Hbond substituents is 1. The number of phenols is 1. The lowest BCUT2D eigenvalue weighted by molar-refractivity contribution is 0.473. The lowest BCUT2D eigenvalue weighted by Crippen LogP contribution is -2.16. The number of sulfonamides is 1. The summed E-state index contributed by atoms with van der Waals surface area (Å²) < 4.78 is 39.5. The number of para-hydroxylation sites is 1. The Bertz CT molecular complexity index is 717. The van der Waals surface area contributed by atoms with E-state index in [4.69, 9.17) is 0 Å². The zero-order valence-corrected chi connectivity index (χ0v) is 10.8. The standard InChI is InChI=1S/C12H11FN2O3S/c1-8-4-2-6-10(11(8)16)15-19(17,18)12-9(13)5-3-7-14-12/h2-7,15-16H,1H3. The first-order valence-electron chi connectivity index (χ1n) is 5.34. The van der Waals surface area contributed by atoms with Crippen molar-refractivity contribution in [1.82, 2.24) is 4.98 Å². The second-order valence-corrected chi connectivity index (χ2v) is 5.46. The Morgan fingerprint density at radius 1 is 1.26 bits per heavy atom. The zero-order valence-electron chi connectivity index (χ0n) is 9.96. The number of rotatable bonds is 3. The monoisotopic (exact) mass is 282 g/mol. The number of nitrogens with one attached hydrogen (secondary N) is 1. The van der Waals surface area contributed by atoms with E-state index >= 15 is 0 Å². The number of aromatic nitrogens is 1. The minimum absolute atomic E-state index is 0.0231. The van der Waals surface area contributed by atoms with Crippen molar-refractivity contribution in [1.29, 1.82) is 0 Å². The van der Waals surface area contributed by atoms with Gasteiger partial charge >= 0.3 is 0 Å². The van der Waals surface area contributed by atoms with Gasteiger partial charge in [-0.1, -0.05) is 12.1 Å². The van der Waals surface area contributed by atoms with E-state index < -0.39 is 20.9 Å². The van der Waals surface area contributed by atoms with E-state index in [-0.39, 0.29) is 11.4 Å². The molecule has 0 radical (unpaired) electrons. The average Bonchev–Trinajstić information content (AvgIpc) is 2.35. The summed E-state index contributed by atoms with van der Waals surface area (Å²) in [6.45, 7) is 1.62. The van der Waals surface area contributed by atoms with Crippen LogP contribution in [0.2, 0.25) is 0 Å². The van der Waals surface area contributed by atoms with Gasteiger partial charge in [0.05, 0.1) is 5.69 Å². The van der Waals surface area contributed by atoms with Crippen LogP contribution in [-0.2, 0) is 10.0 Å². The number of benzene rings is 1. The predicted octanol–water partition coefficient (Wildman–Crippen LogP) is 2.04. The molecule has 5 nitrogen and oxygen atoms in total. The fourth-order valence-electron chi connectivity index (χ4n) is 1.50. The summed E-state index contributed by atoms with van der Waals surface area (Å²) in [5, 5.41) is 9.02. The molecule has 0 aliphatic carbocycles. The quantitative estimate of drug-likeness (QED) is 0.844. The molecule has 0 fully saturated rings. The molecular weight excluding hydrogens is 271 g/mol. The molecule has 0 saturated carbocycles. The van der Waals surface area contributed by atoms with Gasteiger partial charge in [0.2, 0.25) is 5.03 Å². The third kappa shape index (κ3) is 2.65. The Morgan fingerprint density at radius 3 is 2.68 bits per heavy atom. The van der Waals surface area contributed by atoms with Crippen LogP contribution in [-0.4, -0.2) is 18.5 Å². The molecule has 2 N–H and O–H groups in total. The molecule has 7 heteroatoms. The van der Waals surface area contributed by atoms with Crippen LogP contribution in [0.25, 0.3) is 0 Å². The van der Waals surface area contributed by atoms with Gasteiger partial charge in [-0.3, -0.25) is 4.72 Å². The van der Waals surface area contributed by atoms with E-state index in [9.17, 15) is 17.9 Å². The lowest BCUT2D eigenvalue weighted by atomic mass is 10.2. The molecule has 19 heavy (non-hydrogen) atoms. The van der Waals surface area contributed by atoms with Gasteiger partial charge in [-0.05, 0) is 30.7 Å². The summed E-state index contributed by atoms with van der Waals surface area (Å²) in [6, 6.07) is 6.85. The lowest BCUT2D eigenvalue weighted by Gasteiger charge is -2.10. The molecule has 0 aliphatic rings. The van der Waals surface area contributed by atoms with Crippen molar-refractivity contribution in [3.05, 3.63) is 47.9 Å². The molecule has 2 rings (SSSR count). The maximum absolute atomic E-state index is 13.4. The second kappa shape index (κ2) is 4.85. The van der Waals surface area contributed by atoms with Crippen LogP contribution >= 0.6 is 0 Å². The molecule has 0 unspecified atom stereocenters. The van der Waals surface area contributed by atoms with Crippen molar-refractivity contribution < 1.29 is 17.9 Å². The Labute approximate surface area is 109 Å². The number of nitrogens with zero attached hydrogens (tertiary/aromatic N) is 1. The third-order valence-electron chi connectivity index (χ3n) is 2.46. The summed E-state index contributed by atoms with van der Waals surface area (Å²) in [7, 11) is -4.18. The van der Waals surface area contributed by atoms with E-state index in [0.29, 0.717) is 5.56 Å². The summed E-state index contributed by atoms with van der Waals surface area (Å²) in [5.74, 6) is -1.16. The summed E-state index contributed by atoms with van der Waals surface area (Å²) in [4.78, 5) is 3.49. The fourth-order valence-corrected chi connectivity index (χ4v) is 2.58. The highest BCUT2D eigenvalue weighted by Gasteiger charge is 2.21. The van der Waals surface area contributed by atoms with Gasteiger partial charge < -0.3 is 5.11 Å². The number of aryl methyl sites for hydroxylation is 1. The minimum atomic E-state index is -4.18. The first kappa shape index (κ1) is 13.3. The van der Waals surface area contributed by atoms with E-state index in [1.54, 1.807) is 19.1 Å². The highest BCUT2D eigenvalue weighted by molar-refractivity contribution is 7.92. The Kier molecular flexibility index (Phi) is 3.39. The van der Waals surface area contributed by atoms with Crippen molar-refractivity contribution in [3.8, 4) is 5.75 Å². The molecular formula is C12H11FN2O3S. The van der Waals surface area contributed by atoms with Crippen LogP contribution in [0.5, 0.6) is 5.75 Å². The zero-order chi connectivity index (χ0) is 14.0. The van der Waals surface area contributed by atoms with Crippen molar-refractivity contribution in [3.63, 3.8) is 0 Å². The molecule has 0 amide bonds. The predicted molar refractivity (Wildman–Crippen MR) is 67.8 cm³/mol. The summed E-state index contributed by atoms with van der Waals surface area (Å²) >= 11 is 0. The maximum atomic E-state index is 13.4. The van der Waals surface area contributed by atoms with E-state index in [0.717, 1.165) is 6.07 Å². The van der Waals surface area contributed by atoms with Crippen molar-refractivity contribution in [2.45, 2.75) is 11.9 Å². The Hall–Kier alpha value is -2.15. The highest BCUT2D eigenvalue weighted by atomic mass is 32.2. The number of pyridine rings is 1.